The highest BCUT2D eigenvalue weighted by atomic mass is 16.7. The van der Waals surface area contributed by atoms with E-state index < -0.39 is 148 Å². The van der Waals surface area contributed by atoms with Crippen LogP contribution >= 0.6 is 0 Å². The number of hydrogen-bond acceptors (Lipinski definition) is 27. The van der Waals surface area contributed by atoms with Gasteiger partial charge in [-0.1, -0.05) is 52.0 Å². The summed E-state index contributed by atoms with van der Waals surface area (Å²) in [5.41, 5.74) is -3.81. The summed E-state index contributed by atoms with van der Waals surface area (Å²) in [6.45, 7) is 11.4. The summed E-state index contributed by atoms with van der Waals surface area (Å²) in [6.07, 6.45) is -6.00. The SMILES string of the molecule is COc1cccc2c1C(=O)c1c(O)c3c(c(O)c1C2=O)C[C@@](O)(/C(CO)=N/NC(=O)C(C)C)C[C@@H]3O[C@H]1CC2[C@H](O[C@@H]3[C@@H](OC)OCCN23)[C@H](C)O1.COc1cccc2c1C(=O)c1c(O)c3c(c(O)c1C2=O)C[C@@](O)(C(=O)C(C)C)C[C@@H]3O[C@H]1CC2[C@H](O[C@@H]3[C@@H](OC)CCCN23)[C@H](C)O1. The molecule has 4 aliphatic carbocycles. The predicted molar refractivity (Wildman–Crippen MR) is 344 cm³/mol. The molecule has 6 fully saturated rings. The second-order valence-electron chi connectivity index (χ2n) is 27.7. The van der Waals surface area contributed by atoms with Gasteiger partial charge >= 0.3 is 0 Å². The maximum atomic E-state index is 14.1. The molecule has 6 heterocycles. The minimum Gasteiger partial charge on any atom is -0.507 e. The smallest absolute Gasteiger partial charge is 0.242 e. The summed E-state index contributed by atoms with van der Waals surface area (Å²) in [4.78, 5) is 86.1. The Morgan fingerprint density at radius 1 is 0.626 bits per heavy atom. The molecule has 28 heteroatoms. The first-order valence-electron chi connectivity index (χ1n) is 33.5. The van der Waals surface area contributed by atoms with E-state index >= 15 is 0 Å². The maximum absolute atomic E-state index is 14.1. The third kappa shape index (κ3) is 11.6. The van der Waals surface area contributed by atoms with Crippen molar-refractivity contribution in [3.8, 4) is 34.5 Å². The van der Waals surface area contributed by atoms with Gasteiger partial charge in [0.2, 0.25) is 17.5 Å². The van der Waals surface area contributed by atoms with Crippen LogP contribution in [0.5, 0.6) is 34.5 Å². The van der Waals surface area contributed by atoms with Crippen LogP contribution in [0.3, 0.4) is 0 Å². The third-order valence-corrected chi connectivity index (χ3v) is 21.3. The number of nitrogens with zero attached hydrogens (tertiary/aromatic N) is 3. The molecule has 28 nitrogen and oxygen atoms in total. The van der Waals surface area contributed by atoms with Crippen molar-refractivity contribution in [3.63, 3.8) is 0 Å². The van der Waals surface area contributed by atoms with Gasteiger partial charge in [-0.15, -0.1) is 0 Å². The number of aliphatic hydroxyl groups is 3. The van der Waals surface area contributed by atoms with Gasteiger partial charge in [0.15, 0.2) is 42.4 Å². The van der Waals surface area contributed by atoms with Crippen molar-refractivity contribution in [2.24, 2.45) is 16.9 Å². The molecule has 1 amide bonds. The van der Waals surface area contributed by atoms with Crippen LogP contribution in [0.4, 0.5) is 0 Å². The number of carbonyl (C=O) groups is 6. The molecule has 10 aliphatic rings. The van der Waals surface area contributed by atoms with Crippen LogP contribution in [0.25, 0.3) is 0 Å². The molecule has 0 radical (unpaired) electrons. The molecule has 6 saturated heterocycles. The van der Waals surface area contributed by atoms with Gasteiger partial charge in [0, 0.05) is 123 Å². The minimum atomic E-state index is -2.07. The second kappa shape index (κ2) is 26.9. The lowest BCUT2D eigenvalue weighted by atomic mass is 9.70. The third-order valence-electron chi connectivity index (χ3n) is 21.3. The number of morpholine rings is 1. The Labute approximate surface area is 569 Å². The number of carbonyl (C=O) groups excluding carboxylic acids is 6. The average molecular weight is 1380 g/mol. The van der Waals surface area contributed by atoms with E-state index in [1.807, 2.05) is 13.8 Å². The first-order chi connectivity index (χ1) is 47.2. The highest BCUT2D eigenvalue weighted by Gasteiger charge is 2.58. The van der Waals surface area contributed by atoms with E-state index in [1.54, 1.807) is 48.0 Å². The number of methoxy groups -OCH3 is 4. The lowest BCUT2D eigenvalue weighted by molar-refractivity contribution is -0.255. The van der Waals surface area contributed by atoms with Gasteiger partial charge in [-0.3, -0.25) is 38.6 Å². The topological polar surface area (TPSA) is 376 Å². The number of rotatable bonds is 14. The van der Waals surface area contributed by atoms with Gasteiger partial charge in [-0.05, 0) is 38.8 Å². The van der Waals surface area contributed by atoms with Crippen molar-refractivity contribution in [2.45, 2.75) is 190 Å². The highest BCUT2D eigenvalue weighted by Crippen LogP contribution is 2.56. The summed E-state index contributed by atoms with van der Waals surface area (Å²) in [6, 6.07) is 8.77. The fourth-order valence-corrected chi connectivity index (χ4v) is 16.5. The van der Waals surface area contributed by atoms with Crippen LogP contribution in [0, 0.1) is 11.8 Å². The molecule has 4 aromatic carbocycles. The van der Waals surface area contributed by atoms with Crippen LogP contribution in [0.1, 0.15) is 178 Å². The zero-order valence-electron chi connectivity index (χ0n) is 56.6. The lowest BCUT2D eigenvalue weighted by Crippen LogP contribution is -2.55. The molecule has 0 bridgehead atoms. The van der Waals surface area contributed by atoms with Crippen LogP contribution < -0.4 is 14.9 Å². The van der Waals surface area contributed by atoms with Gasteiger partial charge in [-0.25, -0.2) is 5.43 Å². The minimum absolute atomic E-state index is 0.0123. The number of aliphatic hydroxyl groups excluding tert-OH is 1. The average Bonchev–Trinajstić information content (AvgIpc) is 1.61. The van der Waals surface area contributed by atoms with Crippen LogP contribution in [-0.4, -0.2) is 226 Å². The molecule has 532 valence electrons. The summed E-state index contributed by atoms with van der Waals surface area (Å²) < 4.78 is 66.2. The fourth-order valence-electron chi connectivity index (χ4n) is 16.5. The molecule has 2 unspecified atom stereocenters. The van der Waals surface area contributed by atoms with Gasteiger partial charge < -0.3 is 87.9 Å². The Morgan fingerprint density at radius 2 is 1.11 bits per heavy atom. The number of phenols is 4. The van der Waals surface area contributed by atoms with Gasteiger partial charge in [0.05, 0.1) is 97.0 Å². The number of aromatic hydroxyl groups is 4. The predicted octanol–water partition coefficient (Wildman–Crippen LogP) is 4.45. The van der Waals surface area contributed by atoms with Crippen molar-refractivity contribution in [1.29, 1.82) is 0 Å². The molecule has 99 heavy (non-hydrogen) atoms. The number of benzene rings is 4. The molecule has 0 aromatic heterocycles. The number of ether oxygens (including phenoxy) is 11. The normalized spacial score (nSPS) is 32.2. The number of phenolic OH excluding ortho intramolecular Hbond substituents is 4. The van der Waals surface area contributed by atoms with Crippen molar-refractivity contribution < 1.29 is 117 Å². The fraction of sp³-hybridized carbons (Fsp3) is 0.563. The van der Waals surface area contributed by atoms with Crippen LogP contribution in [0.2, 0.25) is 0 Å². The lowest BCUT2D eigenvalue weighted by Gasteiger charge is -2.44. The van der Waals surface area contributed by atoms with Gasteiger partial charge in [-0.2, -0.15) is 5.10 Å². The van der Waals surface area contributed by atoms with E-state index in [1.165, 1.54) is 44.6 Å². The second-order valence-corrected chi connectivity index (χ2v) is 27.7. The Morgan fingerprint density at radius 3 is 1.59 bits per heavy atom. The Kier molecular flexibility index (Phi) is 19.0. The molecular weight excluding hydrogens is 1290 g/mol. The van der Waals surface area contributed by atoms with Crippen molar-refractivity contribution in [3.05, 3.63) is 103 Å². The summed E-state index contributed by atoms with van der Waals surface area (Å²) >= 11 is 0. The first kappa shape index (κ1) is 70.1. The standard InChI is InChI=1S/C36H43N3O13.C35H41NO11/c1-15(2)33(45)38-37-22(14-40)36(46)12-18-25(31(44)27-26(29(18)42)28(41)17-7-6-8-20(47-4)24(17)30(27)43)21(13-36)51-23-11-19-32(16(3)50-23)52-34-35(48-5)49-10-9-39(19)34;1-15(2)33(41)35(42)13-18-25(31(40)27-26(29(18)38)28(37)17-8-6-9-20(43-4)24(17)30(27)39)22(14-35)46-23-12-19-32(16(3)45-23)47-34-21(44-5)10-7-11-36(19)34/h6-8,15-16,19,21,23,32,34-35,40,42,44,46H,9-14H2,1-5H3,(H,38,45);6,8-9,15-16,19,21-23,32,34,38,40,42H,7,10-14H2,1-5H3/b37-22+;/t16-,19?,21-,23-,32+,34+,35-,36-;16-,19?,21-,22-,23-,32+,34+,35-/m00/s1. The van der Waals surface area contributed by atoms with E-state index in [9.17, 15) is 64.5 Å². The van der Waals surface area contributed by atoms with E-state index in [0.29, 0.717) is 19.6 Å². The number of nitrogens with one attached hydrogen (secondary N) is 1. The molecular formula is C71H84N4O24. The zero-order valence-corrected chi connectivity index (χ0v) is 56.6. The number of fused-ring (bicyclic) bond motifs is 12. The van der Waals surface area contributed by atoms with Crippen LogP contribution in [-0.2, 0) is 65.1 Å². The van der Waals surface area contributed by atoms with Crippen LogP contribution in [0.15, 0.2) is 41.5 Å². The Bertz CT molecular complexity index is 3990. The monoisotopic (exact) mass is 1380 g/mol. The molecule has 8 N–H and O–H groups in total. The number of hydrazone groups is 1. The maximum Gasteiger partial charge on any atom is 0.242 e. The molecule has 0 spiro atoms. The molecule has 4 aromatic rings. The van der Waals surface area contributed by atoms with Crippen molar-refractivity contribution in [2.75, 3.05) is 54.7 Å². The van der Waals surface area contributed by atoms with E-state index in [4.69, 9.17) is 52.1 Å². The van der Waals surface area contributed by atoms with E-state index in [2.05, 4.69) is 20.3 Å². The van der Waals surface area contributed by atoms with Crippen molar-refractivity contribution >= 4 is 40.5 Å². The van der Waals surface area contributed by atoms with E-state index in [-0.39, 0.29) is 141 Å². The Hall–Kier alpha value is -7.39. The number of ketones is 5. The first-order valence-corrected chi connectivity index (χ1v) is 33.5. The number of amides is 1. The highest BCUT2D eigenvalue weighted by molar-refractivity contribution is 6.32. The molecule has 6 aliphatic heterocycles. The number of hydrogen-bond donors (Lipinski definition) is 8. The van der Waals surface area contributed by atoms with Crippen molar-refractivity contribution in [1.82, 2.24) is 15.2 Å². The largest absolute Gasteiger partial charge is 0.507 e. The number of Topliss-reactive ketones (excluding diaryl/α,β-unsaturated/α-hetero) is 1. The summed E-state index contributed by atoms with van der Waals surface area (Å²) in [7, 11) is 5.94. The summed E-state index contributed by atoms with van der Waals surface area (Å²) in [5, 5.41) is 86.0. The number of piperidine rings is 1. The molecule has 0 saturated carbocycles. The zero-order chi connectivity index (χ0) is 70.7. The molecule has 16 atom stereocenters. The summed E-state index contributed by atoms with van der Waals surface area (Å²) in [5.74, 6) is -6.95. The van der Waals surface area contributed by atoms with Gasteiger partial charge in [0.1, 0.15) is 64.1 Å². The molecule has 14 rings (SSSR count). The van der Waals surface area contributed by atoms with E-state index in [0.717, 1.165) is 19.4 Å². The quantitative estimate of drug-likeness (QED) is 0.0424. The Balaban J connectivity index is 0.000000179. The van der Waals surface area contributed by atoms with Gasteiger partial charge in [0.25, 0.3) is 0 Å².